The summed E-state index contributed by atoms with van der Waals surface area (Å²) in [5.41, 5.74) is 0.950. The summed E-state index contributed by atoms with van der Waals surface area (Å²) < 4.78 is 0. The van der Waals surface area contributed by atoms with Gasteiger partial charge in [0.2, 0.25) is 0 Å². The molecule has 3 nitrogen and oxygen atoms in total. The van der Waals surface area contributed by atoms with Crippen molar-refractivity contribution < 1.29 is 0 Å². The van der Waals surface area contributed by atoms with Crippen LogP contribution in [0.4, 0.5) is 5.82 Å². The molecule has 0 unspecified atom stereocenters. The third-order valence-corrected chi connectivity index (χ3v) is 3.31. The molecule has 0 aliphatic carbocycles. The quantitative estimate of drug-likeness (QED) is 0.786. The maximum Gasteiger partial charge on any atom is 0.148 e. The molecule has 2 heterocycles. The lowest BCUT2D eigenvalue weighted by Gasteiger charge is -2.33. The van der Waals surface area contributed by atoms with Crippen LogP contribution in [0.25, 0.3) is 6.08 Å². The molecule has 16 heavy (non-hydrogen) atoms. The van der Waals surface area contributed by atoms with Gasteiger partial charge in [-0.05, 0) is 18.7 Å². The smallest absolute Gasteiger partial charge is 0.148 e. The third kappa shape index (κ3) is 2.20. The van der Waals surface area contributed by atoms with Crippen molar-refractivity contribution in [3.63, 3.8) is 0 Å². The number of rotatable bonds is 2. The summed E-state index contributed by atoms with van der Waals surface area (Å²) in [6, 6.07) is 1.88. The van der Waals surface area contributed by atoms with E-state index in [0.29, 0.717) is 5.02 Å². The number of halogens is 1. The molecule has 0 aromatic carbocycles. The van der Waals surface area contributed by atoms with Crippen molar-refractivity contribution in [2.75, 3.05) is 38.1 Å². The Morgan fingerprint density at radius 3 is 2.69 bits per heavy atom. The predicted octanol–water partition coefficient (Wildman–Crippen LogP) is 2.13. The van der Waals surface area contributed by atoms with Crippen molar-refractivity contribution in [1.82, 2.24) is 9.88 Å². The standard InChI is InChI=1S/C12H16ClN3/c1-3-10-4-5-14-12(11(10)13)16-8-6-15(2)7-9-16/h3-5H,1,6-9H2,2H3. The number of aromatic nitrogens is 1. The van der Waals surface area contributed by atoms with Crippen molar-refractivity contribution in [2.24, 2.45) is 0 Å². The van der Waals surface area contributed by atoms with E-state index in [-0.39, 0.29) is 0 Å². The SMILES string of the molecule is C=Cc1ccnc(N2CCN(C)CC2)c1Cl. The molecule has 1 aliphatic rings. The molecule has 0 amide bonds. The average Bonchev–Trinajstić information content (AvgIpc) is 2.31. The Morgan fingerprint density at radius 1 is 1.38 bits per heavy atom. The molecule has 0 spiro atoms. The van der Waals surface area contributed by atoms with E-state index in [1.807, 2.05) is 6.07 Å². The summed E-state index contributed by atoms with van der Waals surface area (Å²) in [7, 11) is 2.13. The minimum atomic E-state index is 0.710. The van der Waals surface area contributed by atoms with Crippen LogP contribution < -0.4 is 4.90 Å². The molecule has 1 saturated heterocycles. The number of pyridine rings is 1. The first kappa shape index (κ1) is 11.4. The second kappa shape index (κ2) is 4.85. The largest absolute Gasteiger partial charge is 0.353 e. The van der Waals surface area contributed by atoms with Crippen LogP contribution in [0.5, 0.6) is 0 Å². The molecule has 1 fully saturated rings. The molecule has 0 atom stereocenters. The molecular formula is C12H16ClN3. The second-order valence-electron chi connectivity index (χ2n) is 4.03. The summed E-state index contributed by atoms with van der Waals surface area (Å²) >= 11 is 6.29. The first-order valence-corrected chi connectivity index (χ1v) is 5.80. The van der Waals surface area contributed by atoms with Crippen LogP contribution in [0, 0.1) is 0 Å². The summed E-state index contributed by atoms with van der Waals surface area (Å²) in [4.78, 5) is 8.90. The van der Waals surface area contributed by atoms with Gasteiger partial charge in [0.15, 0.2) is 0 Å². The normalized spacial score (nSPS) is 17.5. The highest BCUT2D eigenvalue weighted by Crippen LogP contribution is 2.27. The maximum atomic E-state index is 6.29. The lowest BCUT2D eigenvalue weighted by atomic mass is 10.2. The molecule has 1 aliphatic heterocycles. The Bertz CT molecular complexity index is 384. The highest BCUT2D eigenvalue weighted by atomic mass is 35.5. The lowest BCUT2D eigenvalue weighted by Crippen LogP contribution is -2.45. The van der Waals surface area contributed by atoms with Gasteiger partial charge in [-0.2, -0.15) is 0 Å². The lowest BCUT2D eigenvalue weighted by molar-refractivity contribution is 0.312. The van der Waals surface area contributed by atoms with Crippen LogP contribution in [0.15, 0.2) is 18.8 Å². The predicted molar refractivity (Wildman–Crippen MR) is 69.0 cm³/mol. The first-order valence-electron chi connectivity index (χ1n) is 5.43. The molecule has 0 radical (unpaired) electrons. The van der Waals surface area contributed by atoms with Crippen molar-refractivity contribution in [1.29, 1.82) is 0 Å². The number of piperazine rings is 1. The Balaban J connectivity index is 2.23. The summed E-state index contributed by atoms with van der Waals surface area (Å²) in [5, 5.41) is 0.710. The molecule has 2 rings (SSSR count). The molecule has 0 bridgehead atoms. The van der Waals surface area contributed by atoms with Crippen molar-refractivity contribution in [3.8, 4) is 0 Å². The fourth-order valence-electron chi connectivity index (χ4n) is 1.84. The van der Waals surface area contributed by atoms with E-state index in [1.165, 1.54) is 0 Å². The number of likely N-dealkylation sites (N-methyl/N-ethyl adjacent to an activating group) is 1. The van der Waals surface area contributed by atoms with Crippen molar-refractivity contribution >= 4 is 23.5 Å². The Hall–Kier alpha value is -1.06. The van der Waals surface area contributed by atoms with Crippen LogP contribution in [-0.4, -0.2) is 43.1 Å². The maximum absolute atomic E-state index is 6.29. The van der Waals surface area contributed by atoms with Gasteiger partial charge in [-0.1, -0.05) is 24.3 Å². The van der Waals surface area contributed by atoms with Crippen LogP contribution in [0.2, 0.25) is 5.02 Å². The van der Waals surface area contributed by atoms with Gasteiger partial charge in [0.05, 0.1) is 5.02 Å². The zero-order chi connectivity index (χ0) is 11.5. The van der Waals surface area contributed by atoms with Crippen LogP contribution in [-0.2, 0) is 0 Å². The fraction of sp³-hybridized carbons (Fsp3) is 0.417. The molecule has 1 aromatic rings. The number of hydrogen-bond acceptors (Lipinski definition) is 3. The molecule has 86 valence electrons. The minimum absolute atomic E-state index is 0.710. The fourth-order valence-corrected chi connectivity index (χ4v) is 2.15. The Morgan fingerprint density at radius 2 is 2.06 bits per heavy atom. The number of anilines is 1. The Labute approximate surface area is 101 Å². The Kier molecular flexibility index (Phi) is 3.46. The highest BCUT2D eigenvalue weighted by Gasteiger charge is 2.18. The van der Waals surface area contributed by atoms with E-state index in [2.05, 4.69) is 28.4 Å². The van der Waals surface area contributed by atoms with Gasteiger partial charge in [0.25, 0.3) is 0 Å². The van der Waals surface area contributed by atoms with Crippen LogP contribution in [0.1, 0.15) is 5.56 Å². The zero-order valence-corrected chi connectivity index (χ0v) is 10.2. The van der Waals surface area contributed by atoms with Gasteiger partial charge in [0.1, 0.15) is 5.82 Å². The average molecular weight is 238 g/mol. The number of nitrogens with zero attached hydrogens (tertiary/aromatic N) is 3. The van der Waals surface area contributed by atoms with E-state index in [9.17, 15) is 0 Å². The van der Waals surface area contributed by atoms with Gasteiger partial charge < -0.3 is 9.80 Å². The van der Waals surface area contributed by atoms with E-state index in [4.69, 9.17) is 11.6 Å². The van der Waals surface area contributed by atoms with Gasteiger partial charge >= 0.3 is 0 Å². The molecule has 4 heteroatoms. The van der Waals surface area contributed by atoms with Gasteiger partial charge in [-0.25, -0.2) is 4.98 Å². The molecule has 0 saturated carbocycles. The second-order valence-corrected chi connectivity index (χ2v) is 4.41. The van der Waals surface area contributed by atoms with E-state index in [0.717, 1.165) is 37.6 Å². The van der Waals surface area contributed by atoms with E-state index < -0.39 is 0 Å². The zero-order valence-electron chi connectivity index (χ0n) is 9.49. The van der Waals surface area contributed by atoms with Crippen LogP contribution in [0.3, 0.4) is 0 Å². The molecule has 1 aromatic heterocycles. The van der Waals surface area contributed by atoms with Crippen molar-refractivity contribution in [3.05, 3.63) is 29.4 Å². The van der Waals surface area contributed by atoms with E-state index >= 15 is 0 Å². The monoisotopic (exact) mass is 237 g/mol. The summed E-state index contributed by atoms with van der Waals surface area (Å²) in [5.74, 6) is 0.882. The summed E-state index contributed by atoms with van der Waals surface area (Å²) in [6.07, 6.45) is 3.56. The van der Waals surface area contributed by atoms with Gasteiger partial charge in [-0.3, -0.25) is 0 Å². The topological polar surface area (TPSA) is 19.4 Å². The molecule has 0 N–H and O–H groups in total. The van der Waals surface area contributed by atoms with Crippen LogP contribution >= 0.6 is 11.6 Å². The number of hydrogen-bond donors (Lipinski definition) is 0. The minimum Gasteiger partial charge on any atom is -0.353 e. The third-order valence-electron chi connectivity index (χ3n) is 2.92. The summed E-state index contributed by atoms with van der Waals surface area (Å²) in [6.45, 7) is 7.81. The first-order chi connectivity index (χ1) is 7.72. The van der Waals surface area contributed by atoms with Crippen molar-refractivity contribution in [2.45, 2.75) is 0 Å². The highest BCUT2D eigenvalue weighted by molar-refractivity contribution is 6.34. The van der Waals surface area contributed by atoms with E-state index in [1.54, 1.807) is 12.3 Å². The van der Waals surface area contributed by atoms with Gasteiger partial charge in [-0.15, -0.1) is 0 Å². The molecular weight excluding hydrogens is 222 g/mol. The van der Waals surface area contributed by atoms with Gasteiger partial charge in [0, 0.05) is 32.4 Å².